The van der Waals surface area contributed by atoms with Gasteiger partial charge in [-0.25, -0.2) is 4.39 Å². The molecule has 1 nitrogen and oxygen atoms in total. The Bertz CT molecular complexity index is 308. The van der Waals surface area contributed by atoms with Gasteiger partial charge in [0.25, 0.3) is 0 Å². The molecule has 0 amide bonds. The number of nitrogens with one attached hydrogen (secondary N) is 1. The topological polar surface area (TPSA) is 12.0 Å². The monoisotopic (exact) mass is 209 g/mol. The molecule has 0 saturated carbocycles. The van der Waals surface area contributed by atoms with Crippen molar-refractivity contribution in [3.05, 3.63) is 34.6 Å². The summed E-state index contributed by atoms with van der Waals surface area (Å²) in [6.45, 7) is 9.71. The van der Waals surface area contributed by atoms with Crippen molar-refractivity contribution in [2.24, 2.45) is 5.92 Å². The van der Waals surface area contributed by atoms with Crippen LogP contribution >= 0.6 is 0 Å². The molecule has 0 atom stereocenters. The number of aryl methyl sites for hydroxylation is 2. The number of halogens is 1. The molecule has 1 aromatic rings. The van der Waals surface area contributed by atoms with Crippen LogP contribution in [0.25, 0.3) is 0 Å². The third kappa shape index (κ3) is 3.63. The number of hydrogen-bond donors (Lipinski definition) is 1. The summed E-state index contributed by atoms with van der Waals surface area (Å²) in [5.74, 6) is 0.502. The molecule has 1 rings (SSSR count). The molecule has 2 heteroatoms. The van der Waals surface area contributed by atoms with Gasteiger partial charge in [-0.1, -0.05) is 19.9 Å². The summed E-state index contributed by atoms with van der Waals surface area (Å²) in [5, 5.41) is 3.26. The Hall–Kier alpha value is -0.890. The molecule has 0 spiro atoms. The van der Waals surface area contributed by atoms with Gasteiger partial charge in [-0.15, -0.1) is 0 Å². The number of rotatable bonds is 4. The van der Waals surface area contributed by atoms with Gasteiger partial charge in [0.05, 0.1) is 0 Å². The minimum Gasteiger partial charge on any atom is -0.312 e. The number of benzene rings is 1. The van der Waals surface area contributed by atoms with E-state index in [0.29, 0.717) is 12.5 Å². The molecular weight excluding hydrogens is 189 g/mol. The molecule has 1 aromatic carbocycles. The van der Waals surface area contributed by atoms with Crippen molar-refractivity contribution in [1.82, 2.24) is 5.32 Å². The van der Waals surface area contributed by atoms with Gasteiger partial charge in [0.15, 0.2) is 0 Å². The van der Waals surface area contributed by atoms with Crippen LogP contribution in [0.15, 0.2) is 12.1 Å². The predicted octanol–water partition coefficient (Wildman–Crippen LogP) is 3.19. The van der Waals surface area contributed by atoms with Crippen molar-refractivity contribution in [3.63, 3.8) is 0 Å². The largest absolute Gasteiger partial charge is 0.312 e. The Kier molecular flexibility index (Phi) is 4.28. The molecule has 0 aliphatic heterocycles. The standard InChI is InChI=1S/C13H20FN/c1-9(2)7-15-8-12-11(4)5-10(3)6-13(12)14/h5-6,9,15H,7-8H2,1-4H3. The quantitative estimate of drug-likeness (QED) is 0.803. The van der Waals surface area contributed by atoms with Crippen molar-refractivity contribution in [2.75, 3.05) is 6.54 Å². The molecular formula is C13H20FN. The van der Waals surface area contributed by atoms with Gasteiger partial charge in [-0.3, -0.25) is 0 Å². The van der Waals surface area contributed by atoms with Gasteiger partial charge in [0.1, 0.15) is 5.82 Å². The zero-order valence-electron chi connectivity index (χ0n) is 10.0. The van der Waals surface area contributed by atoms with E-state index in [1.807, 2.05) is 19.9 Å². The van der Waals surface area contributed by atoms with Crippen LogP contribution in [0.2, 0.25) is 0 Å². The minimum absolute atomic E-state index is 0.0937. The van der Waals surface area contributed by atoms with Crippen LogP contribution in [0.1, 0.15) is 30.5 Å². The Labute approximate surface area is 91.7 Å². The Morgan fingerprint density at radius 3 is 2.47 bits per heavy atom. The summed E-state index contributed by atoms with van der Waals surface area (Å²) in [7, 11) is 0. The Morgan fingerprint density at radius 1 is 1.27 bits per heavy atom. The van der Waals surface area contributed by atoms with E-state index in [0.717, 1.165) is 23.2 Å². The lowest BCUT2D eigenvalue weighted by Crippen LogP contribution is -2.20. The molecule has 0 unspecified atom stereocenters. The Balaban J connectivity index is 2.68. The van der Waals surface area contributed by atoms with E-state index in [2.05, 4.69) is 19.2 Å². The average Bonchev–Trinajstić information content (AvgIpc) is 2.08. The summed E-state index contributed by atoms with van der Waals surface area (Å²) in [6.07, 6.45) is 0. The van der Waals surface area contributed by atoms with Crippen LogP contribution in [-0.2, 0) is 6.54 Å². The van der Waals surface area contributed by atoms with Crippen molar-refractivity contribution in [1.29, 1.82) is 0 Å². The summed E-state index contributed by atoms with van der Waals surface area (Å²) in [5.41, 5.74) is 2.81. The van der Waals surface area contributed by atoms with E-state index < -0.39 is 0 Å². The van der Waals surface area contributed by atoms with Crippen LogP contribution in [0, 0.1) is 25.6 Å². The molecule has 0 aliphatic carbocycles. The first-order valence-electron chi connectivity index (χ1n) is 5.47. The second-order valence-corrected chi connectivity index (χ2v) is 4.57. The molecule has 0 heterocycles. The first kappa shape index (κ1) is 12.2. The van der Waals surface area contributed by atoms with E-state index >= 15 is 0 Å². The maximum absolute atomic E-state index is 13.6. The first-order valence-corrected chi connectivity index (χ1v) is 5.47. The second kappa shape index (κ2) is 5.26. The Morgan fingerprint density at radius 2 is 1.93 bits per heavy atom. The molecule has 0 bridgehead atoms. The lowest BCUT2D eigenvalue weighted by molar-refractivity contribution is 0.533. The summed E-state index contributed by atoms with van der Waals surface area (Å²) < 4.78 is 13.6. The lowest BCUT2D eigenvalue weighted by Gasteiger charge is -2.11. The first-order chi connectivity index (χ1) is 7.00. The molecule has 0 aliphatic rings. The molecule has 0 radical (unpaired) electrons. The lowest BCUT2D eigenvalue weighted by atomic mass is 10.0. The third-order valence-electron chi connectivity index (χ3n) is 2.42. The fourth-order valence-electron chi connectivity index (χ4n) is 1.66. The highest BCUT2D eigenvalue weighted by Gasteiger charge is 2.06. The van der Waals surface area contributed by atoms with Crippen LogP contribution < -0.4 is 5.32 Å². The van der Waals surface area contributed by atoms with Gasteiger partial charge in [0.2, 0.25) is 0 Å². The summed E-state index contributed by atoms with van der Waals surface area (Å²) in [4.78, 5) is 0. The van der Waals surface area contributed by atoms with E-state index in [-0.39, 0.29) is 5.82 Å². The fourth-order valence-corrected chi connectivity index (χ4v) is 1.66. The van der Waals surface area contributed by atoms with Gasteiger partial charge in [-0.2, -0.15) is 0 Å². The molecule has 0 fully saturated rings. The molecule has 0 aromatic heterocycles. The van der Waals surface area contributed by atoms with Crippen molar-refractivity contribution in [2.45, 2.75) is 34.2 Å². The van der Waals surface area contributed by atoms with Crippen molar-refractivity contribution >= 4 is 0 Å². The highest BCUT2D eigenvalue weighted by Crippen LogP contribution is 2.15. The smallest absolute Gasteiger partial charge is 0.128 e. The SMILES string of the molecule is Cc1cc(C)c(CNCC(C)C)c(F)c1. The molecule has 1 N–H and O–H groups in total. The third-order valence-corrected chi connectivity index (χ3v) is 2.42. The highest BCUT2D eigenvalue weighted by molar-refractivity contribution is 5.31. The van der Waals surface area contributed by atoms with E-state index in [4.69, 9.17) is 0 Å². The van der Waals surface area contributed by atoms with Gasteiger partial charge in [0, 0.05) is 12.1 Å². The number of hydrogen-bond acceptors (Lipinski definition) is 1. The van der Waals surface area contributed by atoms with Gasteiger partial charge < -0.3 is 5.32 Å². The zero-order valence-corrected chi connectivity index (χ0v) is 10.0. The van der Waals surface area contributed by atoms with Crippen LogP contribution in [-0.4, -0.2) is 6.54 Å². The molecule has 84 valence electrons. The summed E-state index contributed by atoms with van der Waals surface area (Å²) in [6, 6.07) is 3.62. The van der Waals surface area contributed by atoms with Gasteiger partial charge in [-0.05, 0) is 43.5 Å². The van der Waals surface area contributed by atoms with Crippen LogP contribution in [0.4, 0.5) is 4.39 Å². The minimum atomic E-state index is -0.0937. The van der Waals surface area contributed by atoms with E-state index in [9.17, 15) is 4.39 Å². The molecule has 0 saturated heterocycles. The average molecular weight is 209 g/mol. The van der Waals surface area contributed by atoms with E-state index in [1.54, 1.807) is 6.07 Å². The van der Waals surface area contributed by atoms with Crippen LogP contribution in [0.3, 0.4) is 0 Å². The maximum atomic E-state index is 13.6. The normalized spacial score (nSPS) is 11.1. The highest BCUT2D eigenvalue weighted by atomic mass is 19.1. The van der Waals surface area contributed by atoms with Gasteiger partial charge >= 0.3 is 0 Å². The fraction of sp³-hybridized carbons (Fsp3) is 0.538. The predicted molar refractivity (Wildman–Crippen MR) is 62.4 cm³/mol. The van der Waals surface area contributed by atoms with Crippen LogP contribution in [0.5, 0.6) is 0 Å². The zero-order chi connectivity index (χ0) is 11.4. The summed E-state index contributed by atoms with van der Waals surface area (Å²) >= 11 is 0. The maximum Gasteiger partial charge on any atom is 0.128 e. The van der Waals surface area contributed by atoms with Crippen molar-refractivity contribution in [3.8, 4) is 0 Å². The molecule has 15 heavy (non-hydrogen) atoms. The second-order valence-electron chi connectivity index (χ2n) is 4.57. The van der Waals surface area contributed by atoms with E-state index in [1.165, 1.54) is 0 Å². The van der Waals surface area contributed by atoms with Crippen molar-refractivity contribution < 1.29 is 4.39 Å².